The van der Waals surface area contributed by atoms with Crippen molar-refractivity contribution < 1.29 is 23.1 Å². The minimum absolute atomic E-state index is 0.210. The Morgan fingerprint density at radius 2 is 1.95 bits per heavy atom. The molecule has 1 atom stereocenters. The van der Waals surface area contributed by atoms with Crippen LogP contribution in [-0.2, 0) is 6.54 Å². The van der Waals surface area contributed by atoms with Gasteiger partial charge in [0, 0.05) is 67.5 Å². The number of nitrogens with zero attached hydrogens (tertiary/aromatic N) is 8. The molecule has 11 nitrogen and oxygen atoms in total. The number of rotatable bonds is 9. The van der Waals surface area contributed by atoms with Gasteiger partial charge in [0.2, 0.25) is 5.95 Å². The lowest BCUT2D eigenvalue weighted by molar-refractivity contribution is -0.0846. The van der Waals surface area contributed by atoms with E-state index in [4.69, 9.17) is 11.6 Å². The normalized spacial score (nSPS) is 18.1. The molecule has 0 bridgehead atoms. The second-order valence-corrected chi connectivity index (χ2v) is 11.8. The number of likely N-dealkylation sites (tertiary alicyclic amines) is 1. The summed E-state index contributed by atoms with van der Waals surface area (Å²) < 4.78 is 43.4. The average Bonchev–Trinajstić information content (AvgIpc) is 3.63. The number of amides is 1. The Hall–Kier alpha value is -4.14. The third kappa shape index (κ3) is 6.37. The Morgan fingerprint density at radius 3 is 2.68 bits per heavy atom. The first-order valence-corrected chi connectivity index (χ1v) is 14.4. The smallest absolute Gasteiger partial charge is 0.275 e. The third-order valence-corrected chi connectivity index (χ3v) is 7.94. The van der Waals surface area contributed by atoms with Crippen LogP contribution >= 0.6 is 11.6 Å². The van der Waals surface area contributed by atoms with Crippen molar-refractivity contribution in [1.29, 1.82) is 0 Å². The Labute approximate surface area is 255 Å². The fraction of sp³-hybridized carbons (Fsp3) is 0.379. The zero-order valence-corrected chi connectivity index (χ0v) is 24.4. The van der Waals surface area contributed by atoms with Gasteiger partial charge in [0.1, 0.15) is 5.69 Å². The molecular weight excluding hydrogens is 599 g/mol. The summed E-state index contributed by atoms with van der Waals surface area (Å²) in [7, 11) is 0. The topological polar surface area (TPSA) is 125 Å². The SMILES string of the molecule is CC1(O)CN(C[C@@H]2CCCN2c2ncc(Cn3cc(NC(=O)c4cncc(-c5c(C(F)F)ccc(Cl)c5F)n4)cn3)cn2)C1. The molecule has 230 valence electrons. The molecule has 5 heterocycles. The maximum absolute atomic E-state index is 14.7. The van der Waals surface area contributed by atoms with Crippen LogP contribution in [0.1, 0.15) is 47.8 Å². The first-order chi connectivity index (χ1) is 21.1. The van der Waals surface area contributed by atoms with Crippen LogP contribution in [0.15, 0.2) is 49.3 Å². The molecule has 0 saturated carbocycles. The molecule has 0 spiro atoms. The third-order valence-electron chi connectivity index (χ3n) is 7.64. The van der Waals surface area contributed by atoms with Crippen LogP contribution in [0.5, 0.6) is 0 Å². The van der Waals surface area contributed by atoms with Crippen LogP contribution in [0.2, 0.25) is 5.02 Å². The number of halogens is 4. The van der Waals surface area contributed by atoms with Gasteiger partial charge in [-0.1, -0.05) is 17.7 Å². The Balaban J connectivity index is 1.09. The van der Waals surface area contributed by atoms with E-state index in [2.05, 4.69) is 40.2 Å². The molecule has 44 heavy (non-hydrogen) atoms. The molecule has 4 aromatic rings. The van der Waals surface area contributed by atoms with Crippen LogP contribution in [0.25, 0.3) is 11.3 Å². The molecule has 15 heteroatoms. The highest BCUT2D eigenvalue weighted by Gasteiger charge is 2.39. The summed E-state index contributed by atoms with van der Waals surface area (Å²) in [6.45, 7) is 5.30. The van der Waals surface area contributed by atoms with Crippen LogP contribution in [0.4, 0.5) is 24.8 Å². The van der Waals surface area contributed by atoms with E-state index < -0.39 is 34.9 Å². The summed E-state index contributed by atoms with van der Waals surface area (Å²) in [6.07, 6.45) is 7.89. The summed E-state index contributed by atoms with van der Waals surface area (Å²) in [5.41, 5.74) is -1.02. The maximum atomic E-state index is 14.7. The summed E-state index contributed by atoms with van der Waals surface area (Å²) in [6, 6.07) is 2.35. The predicted molar refractivity (Wildman–Crippen MR) is 156 cm³/mol. The first-order valence-electron chi connectivity index (χ1n) is 14.0. The summed E-state index contributed by atoms with van der Waals surface area (Å²) in [5.74, 6) is -1.09. The van der Waals surface area contributed by atoms with Gasteiger partial charge in [-0.15, -0.1) is 0 Å². The fourth-order valence-corrected chi connectivity index (χ4v) is 5.87. The number of carbonyl (C=O) groups excluding carboxylic acids is 1. The maximum Gasteiger partial charge on any atom is 0.275 e. The minimum atomic E-state index is -2.99. The van der Waals surface area contributed by atoms with Gasteiger partial charge in [-0.25, -0.2) is 28.1 Å². The monoisotopic (exact) mass is 627 g/mol. The van der Waals surface area contributed by atoms with Gasteiger partial charge < -0.3 is 15.3 Å². The number of alkyl halides is 2. The standard InChI is InChI=1S/C29H29ClF3N9O2/c1-29(44)15-40(16-29)14-19-3-2-6-42(19)28-35-7-17(8-36-28)12-41-13-18(9-37-41)38-27(43)23-11-34-10-22(39-23)24-20(26(32)33)4-5-21(30)25(24)31/h4-5,7-11,13,19,26,44H,2-3,6,12,14-16H2,1H3,(H,38,43)/t19-/m0/s1. The van der Waals surface area contributed by atoms with Gasteiger partial charge in [0.25, 0.3) is 12.3 Å². The Bertz CT molecular complexity index is 1660. The van der Waals surface area contributed by atoms with Gasteiger partial charge >= 0.3 is 0 Å². The number of benzene rings is 1. The first kappa shape index (κ1) is 29.9. The molecule has 3 aromatic heterocycles. The number of hydrogen-bond donors (Lipinski definition) is 2. The molecule has 2 N–H and O–H groups in total. The van der Waals surface area contributed by atoms with E-state index in [9.17, 15) is 23.1 Å². The number of hydrogen-bond acceptors (Lipinski definition) is 9. The lowest BCUT2D eigenvalue weighted by Crippen LogP contribution is -2.62. The lowest BCUT2D eigenvalue weighted by Gasteiger charge is -2.46. The molecule has 1 aromatic carbocycles. The highest BCUT2D eigenvalue weighted by molar-refractivity contribution is 6.31. The second-order valence-electron chi connectivity index (χ2n) is 11.3. The fourth-order valence-electron chi connectivity index (χ4n) is 5.71. The summed E-state index contributed by atoms with van der Waals surface area (Å²) >= 11 is 5.81. The second kappa shape index (κ2) is 12.1. The van der Waals surface area contributed by atoms with Crippen molar-refractivity contribution in [2.45, 2.75) is 44.4 Å². The molecule has 0 unspecified atom stereocenters. The van der Waals surface area contributed by atoms with E-state index in [1.165, 1.54) is 6.20 Å². The highest BCUT2D eigenvalue weighted by Crippen LogP contribution is 2.35. The number of carbonyl (C=O) groups is 1. The van der Waals surface area contributed by atoms with Gasteiger partial charge in [0.05, 0.1) is 47.1 Å². The molecule has 1 amide bonds. The van der Waals surface area contributed by atoms with Crippen molar-refractivity contribution in [3.8, 4) is 11.3 Å². The number of aromatic nitrogens is 6. The van der Waals surface area contributed by atoms with Gasteiger partial charge in [-0.05, 0) is 25.8 Å². The van der Waals surface area contributed by atoms with Gasteiger partial charge in [0.15, 0.2) is 5.82 Å². The van der Waals surface area contributed by atoms with Crippen molar-refractivity contribution in [2.24, 2.45) is 0 Å². The largest absolute Gasteiger partial charge is 0.388 e. The molecule has 2 aliphatic rings. The van der Waals surface area contributed by atoms with E-state index >= 15 is 0 Å². The zero-order valence-electron chi connectivity index (χ0n) is 23.7. The van der Waals surface area contributed by atoms with Crippen molar-refractivity contribution >= 4 is 29.1 Å². The Morgan fingerprint density at radius 1 is 1.18 bits per heavy atom. The summed E-state index contributed by atoms with van der Waals surface area (Å²) in [4.78, 5) is 34.5. The van der Waals surface area contributed by atoms with Crippen molar-refractivity contribution in [1.82, 2.24) is 34.6 Å². The molecule has 0 aliphatic carbocycles. The zero-order chi connectivity index (χ0) is 31.0. The van der Waals surface area contributed by atoms with E-state index in [0.29, 0.717) is 37.3 Å². The van der Waals surface area contributed by atoms with Crippen molar-refractivity contribution in [3.05, 3.63) is 77.0 Å². The Kier molecular flexibility index (Phi) is 8.22. The van der Waals surface area contributed by atoms with Crippen molar-refractivity contribution in [3.63, 3.8) is 0 Å². The predicted octanol–water partition coefficient (Wildman–Crippen LogP) is 4.20. The molecular formula is C29H29ClF3N9O2. The van der Waals surface area contributed by atoms with Crippen LogP contribution in [0.3, 0.4) is 0 Å². The van der Waals surface area contributed by atoms with Crippen LogP contribution in [0, 0.1) is 5.82 Å². The molecule has 2 saturated heterocycles. The van der Waals surface area contributed by atoms with E-state index in [0.717, 1.165) is 56.0 Å². The number of β-amino-alcohol motifs (C(OH)–C–C–N with tert-alkyl or cyclic N) is 1. The highest BCUT2D eigenvalue weighted by atomic mass is 35.5. The molecule has 2 aliphatic heterocycles. The minimum Gasteiger partial charge on any atom is -0.388 e. The van der Waals surface area contributed by atoms with E-state index in [1.54, 1.807) is 23.3 Å². The number of anilines is 2. The van der Waals surface area contributed by atoms with Gasteiger partial charge in [-0.2, -0.15) is 5.10 Å². The summed E-state index contributed by atoms with van der Waals surface area (Å²) in [5, 5.41) is 16.6. The van der Waals surface area contributed by atoms with Crippen LogP contribution < -0.4 is 10.2 Å². The van der Waals surface area contributed by atoms with Gasteiger partial charge in [-0.3, -0.25) is 19.4 Å². The van der Waals surface area contributed by atoms with Crippen LogP contribution in [-0.4, -0.2) is 83.5 Å². The van der Waals surface area contributed by atoms with Crippen molar-refractivity contribution in [2.75, 3.05) is 36.4 Å². The average molecular weight is 628 g/mol. The quantitative estimate of drug-likeness (QED) is 0.281. The lowest BCUT2D eigenvalue weighted by atomic mass is 9.96. The number of nitrogens with one attached hydrogen (secondary N) is 1. The molecule has 2 fully saturated rings. The van der Waals surface area contributed by atoms with E-state index in [-0.39, 0.29) is 16.4 Å². The molecule has 0 radical (unpaired) electrons. The molecule has 6 rings (SSSR count). The number of aliphatic hydroxyl groups is 1. The van der Waals surface area contributed by atoms with E-state index in [1.807, 2.05) is 6.92 Å².